The van der Waals surface area contributed by atoms with Gasteiger partial charge in [-0.15, -0.1) is 0 Å². The normalized spacial score (nSPS) is 59.7. The smallest absolute Gasteiger partial charge is 0.101 e. The number of hydrogen-bond acceptors (Lipinski definition) is 1. The molecule has 2 nitrogen and oxygen atoms in total. The Morgan fingerprint density at radius 3 is 1.35 bits per heavy atom. The summed E-state index contributed by atoms with van der Waals surface area (Å²) in [7, 11) is 0. The van der Waals surface area contributed by atoms with Gasteiger partial charge in [0, 0.05) is 5.41 Å². The summed E-state index contributed by atoms with van der Waals surface area (Å²) < 4.78 is 0. The van der Waals surface area contributed by atoms with Crippen LogP contribution >= 0.6 is 0 Å². The first kappa shape index (κ1) is 13.7. The van der Waals surface area contributed by atoms with Crippen LogP contribution in [0.3, 0.4) is 0 Å². The van der Waals surface area contributed by atoms with E-state index < -0.39 is 0 Å². The first-order valence-electron chi connectivity index (χ1n) is 10.5. The Labute approximate surface area is 140 Å². The molecule has 8 aliphatic rings. The van der Waals surface area contributed by atoms with Gasteiger partial charge < -0.3 is 5.73 Å². The van der Waals surface area contributed by atoms with Crippen molar-refractivity contribution >= 4 is 5.84 Å². The zero-order valence-corrected chi connectivity index (χ0v) is 14.5. The van der Waals surface area contributed by atoms with Gasteiger partial charge in [-0.3, -0.25) is 4.99 Å². The fraction of sp³-hybridized carbons (Fsp3) is 0.952. The predicted octanol–water partition coefficient (Wildman–Crippen LogP) is 4.53. The molecule has 2 heteroatoms. The van der Waals surface area contributed by atoms with Gasteiger partial charge in [0.1, 0.15) is 5.84 Å². The quantitative estimate of drug-likeness (QED) is 0.590. The summed E-state index contributed by atoms with van der Waals surface area (Å²) in [6.07, 6.45) is 17.3. The lowest BCUT2D eigenvalue weighted by Crippen LogP contribution is -2.55. The molecule has 0 heterocycles. The molecule has 23 heavy (non-hydrogen) atoms. The highest BCUT2D eigenvalue weighted by molar-refractivity contribution is 5.87. The van der Waals surface area contributed by atoms with Crippen LogP contribution in [0.25, 0.3) is 0 Å². The van der Waals surface area contributed by atoms with E-state index in [1.807, 2.05) is 0 Å². The van der Waals surface area contributed by atoms with Crippen LogP contribution in [-0.4, -0.2) is 11.4 Å². The molecule has 0 saturated heterocycles. The topological polar surface area (TPSA) is 38.4 Å². The Morgan fingerprint density at radius 2 is 0.957 bits per heavy atom. The van der Waals surface area contributed by atoms with Gasteiger partial charge in [0.25, 0.3) is 0 Å². The van der Waals surface area contributed by atoms with Crippen molar-refractivity contribution in [2.24, 2.45) is 51.6 Å². The van der Waals surface area contributed by atoms with E-state index in [9.17, 15) is 0 Å². The number of nitrogens with zero attached hydrogens (tertiary/aromatic N) is 1. The largest absolute Gasteiger partial charge is 0.387 e. The maximum atomic E-state index is 6.84. The minimum Gasteiger partial charge on any atom is -0.387 e. The molecular weight excluding hydrogens is 280 g/mol. The van der Waals surface area contributed by atoms with E-state index in [2.05, 4.69) is 0 Å². The zero-order valence-electron chi connectivity index (χ0n) is 14.5. The highest BCUT2D eigenvalue weighted by Gasteiger charge is 2.55. The molecule has 126 valence electrons. The van der Waals surface area contributed by atoms with E-state index in [1.165, 1.54) is 77.0 Å². The van der Waals surface area contributed by atoms with Crippen molar-refractivity contribution in [1.29, 1.82) is 0 Å². The molecule has 0 radical (unpaired) electrons. The highest BCUT2D eigenvalue weighted by Crippen LogP contribution is 2.61. The van der Waals surface area contributed by atoms with E-state index >= 15 is 0 Å². The summed E-state index contributed by atoms with van der Waals surface area (Å²) >= 11 is 0. The van der Waals surface area contributed by atoms with Crippen LogP contribution in [0.4, 0.5) is 0 Å². The molecule has 8 rings (SSSR count). The summed E-state index contributed by atoms with van der Waals surface area (Å²) in [5.74, 6) is 7.00. The van der Waals surface area contributed by atoms with Crippen LogP contribution in [0, 0.1) is 40.9 Å². The monoisotopic (exact) mass is 312 g/mol. The van der Waals surface area contributed by atoms with E-state index in [0.29, 0.717) is 5.41 Å². The Bertz CT molecular complexity index is 490. The average Bonchev–Trinajstić information content (AvgIpc) is 2.43. The molecule has 0 spiro atoms. The summed E-state index contributed by atoms with van der Waals surface area (Å²) in [6.45, 7) is 0. The Balaban J connectivity index is 1.34. The van der Waals surface area contributed by atoms with Gasteiger partial charge in [0.2, 0.25) is 0 Å². The van der Waals surface area contributed by atoms with Gasteiger partial charge in [0.05, 0.1) is 5.54 Å². The first-order chi connectivity index (χ1) is 11.1. The summed E-state index contributed by atoms with van der Waals surface area (Å²) in [5.41, 5.74) is 7.46. The van der Waals surface area contributed by atoms with Gasteiger partial charge >= 0.3 is 0 Å². The second kappa shape index (κ2) is 4.35. The van der Waals surface area contributed by atoms with Crippen molar-refractivity contribution in [3.8, 4) is 0 Å². The van der Waals surface area contributed by atoms with Gasteiger partial charge in [-0.1, -0.05) is 0 Å². The van der Waals surface area contributed by atoms with Crippen LogP contribution in [-0.2, 0) is 0 Å². The van der Waals surface area contributed by atoms with Crippen molar-refractivity contribution in [2.75, 3.05) is 0 Å². The molecule has 0 aromatic rings. The summed E-state index contributed by atoms with van der Waals surface area (Å²) in [4.78, 5) is 5.45. The minimum absolute atomic E-state index is 0.280. The molecule has 2 N–H and O–H groups in total. The fourth-order valence-electron chi connectivity index (χ4n) is 9.00. The van der Waals surface area contributed by atoms with Crippen molar-refractivity contribution < 1.29 is 0 Å². The third kappa shape index (κ3) is 1.96. The maximum absolute atomic E-state index is 6.84. The van der Waals surface area contributed by atoms with E-state index in [4.69, 9.17) is 10.7 Å². The fourth-order valence-corrected chi connectivity index (χ4v) is 9.00. The molecule has 0 aromatic heterocycles. The predicted molar refractivity (Wildman–Crippen MR) is 93.1 cm³/mol. The van der Waals surface area contributed by atoms with Crippen molar-refractivity contribution in [1.82, 2.24) is 0 Å². The van der Waals surface area contributed by atoms with Gasteiger partial charge in [-0.2, -0.15) is 0 Å². The molecule has 0 aromatic carbocycles. The number of rotatable bonds is 2. The third-order valence-corrected chi connectivity index (χ3v) is 8.95. The Hall–Kier alpha value is -0.530. The minimum atomic E-state index is 0.280. The molecule has 0 atom stereocenters. The van der Waals surface area contributed by atoms with Crippen molar-refractivity contribution in [2.45, 2.75) is 82.6 Å². The molecule has 0 amide bonds. The van der Waals surface area contributed by atoms with E-state index in [-0.39, 0.29) is 5.54 Å². The van der Waals surface area contributed by atoms with Crippen LogP contribution in [0.1, 0.15) is 77.0 Å². The van der Waals surface area contributed by atoms with Crippen molar-refractivity contribution in [3.63, 3.8) is 0 Å². The third-order valence-electron chi connectivity index (χ3n) is 8.95. The molecule has 8 aliphatic carbocycles. The lowest BCUT2D eigenvalue weighted by Gasteiger charge is -2.58. The SMILES string of the molecule is NC(=NC12CC3CC(CC(C3)C1)C2)C12CC3CC(CC(C3)C1)C2. The molecular formula is C21H32N2. The van der Waals surface area contributed by atoms with Crippen LogP contribution in [0.15, 0.2) is 4.99 Å². The standard InChI is InChI=1S/C21H32N2/c22-19(20-7-13-1-14(8-20)3-15(2-13)9-20)23-21-10-16-4-17(11-21)6-18(5-16)12-21/h13-18H,1-12H2,(H2,22,23). The van der Waals surface area contributed by atoms with Crippen molar-refractivity contribution in [3.05, 3.63) is 0 Å². The second-order valence-electron chi connectivity index (χ2n) is 10.8. The zero-order chi connectivity index (χ0) is 15.2. The lowest BCUT2D eigenvalue weighted by molar-refractivity contribution is -0.0180. The molecule has 8 saturated carbocycles. The number of aliphatic imine (C=N–C) groups is 1. The average molecular weight is 313 g/mol. The van der Waals surface area contributed by atoms with Gasteiger partial charge in [-0.05, 0) is 113 Å². The Morgan fingerprint density at radius 1 is 0.609 bits per heavy atom. The molecule has 0 aliphatic heterocycles. The summed E-state index contributed by atoms with van der Waals surface area (Å²) in [5, 5.41) is 0. The van der Waals surface area contributed by atoms with Crippen LogP contribution < -0.4 is 5.73 Å². The molecule has 8 bridgehead atoms. The van der Waals surface area contributed by atoms with Crippen LogP contribution in [0.5, 0.6) is 0 Å². The first-order valence-corrected chi connectivity index (χ1v) is 10.5. The van der Waals surface area contributed by atoms with Gasteiger partial charge in [-0.25, -0.2) is 0 Å². The summed E-state index contributed by atoms with van der Waals surface area (Å²) in [6, 6.07) is 0. The number of hydrogen-bond donors (Lipinski definition) is 1. The van der Waals surface area contributed by atoms with Gasteiger partial charge in [0.15, 0.2) is 0 Å². The maximum Gasteiger partial charge on any atom is 0.101 e. The number of nitrogens with two attached hydrogens (primary N) is 1. The molecule has 8 fully saturated rings. The molecule has 0 unspecified atom stereocenters. The lowest BCUT2D eigenvalue weighted by atomic mass is 9.49. The highest BCUT2D eigenvalue weighted by atomic mass is 15.0. The second-order valence-corrected chi connectivity index (χ2v) is 10.8. The number of amidine groups is 1. The van der Waals surface area contributed by atoms with Crippen LogP contribution in [0.2, 0.25) is 0 Å². The van der Waals surface area contributed by atoms with E-state index in [1.54, 1.807) is 0 Å². The van der Waals surface area contributed by atoms with E-state index in [0.717, 1.165) is 41.3 Å². The Kier molecular flexibility index (Phi) is 2.60.